The third-order valence-electron chi connectivity index (χ3n) is 3.06. The van der Waals surface area contributed by atoms with E-state index in [1.54, 1.807) is 12.1 Å². The lowest BCUT2D eigenvalue weighted by Gasteiger charge is -2.09. The smallest absolute Gasteiger partial charge is 0.224 e. The van der Waals surface area contributed by atoms with E-state index in [9.17, 15) is 4.79 Å². The van der Waals surface area contributed by atoms with Crippen LogP contribution < -0.4 is 5.32 Å². The first-order valence-corrected chi connectivity index (χ1v) is 6.17. The molecule has 1 fully saturated rings. The Kier molecular flexibility index (Phi) is 3.83. The second kappa shape index (κ2) is 5.35. The van der Waals surface area contributed by atoms with Gasteiger partial charge >= 0.3 is 0 Å². The van der Waals surface area contributed by atoms with Crippen molar-refractivity contribution in [1.82, 2.24) is 0 Å². The van der Waals surface area contributed by atoms with E-state index in [-0.39, 0.29) is 5.91 Å². The number of anilines is 1. The Labute approximate surface area is 101 Å². The zero-order valence-corrected chi connectivity index (χ0v) is 9.96. The van der Waals surface area contributed by atoms with Crippen molar-refractivity contribution in [3.63, 3.8) is 0 Å². The van der Waals surface area contributed by atoms with Gasteiger partial charge in [-0.1, -0.05) is 30.5 Å². The number of hydrogen-bond acceptors (Lipinski definition) is 1. The Bertz CT molecular complexity index is 372. The van der Waals surface area contributed by atoms with Crippen molar-refractivity contribution < 1.29 is 4.79 Å². The highest BCUT2D eigenvalue weighted by atomic mass is 35.5. The molecule has 1 aromatic rings. The maximum Gasteiger partial charge on any atom is 0.224 e. The molecule has 1 aliphatic rings. The molecule has 1 saturated carbocycles. The second-order valence-corrected chi connectivity index (χ2v) is 4.85. The normalized spacial score (nSPS) is 16.3. The summed E-state index contributed by atoms with van der Waals surface area (Å²) in [6, 6.07) is 7.27. The molecule has 0 radical (unpaired) electrons. The number of rotatable bonds is 3. The minimum atomic E-state index is 0.106. The molecule has 1 aliphatic carbocycles. The van der Waals surface area contributed by atoms with Crippen LogP contribution >= 0.6 is 11.6 Å². The molecule has 1 aromatic carbocycles. The molecule has 0 aromatic heterocycles. The standard InChI is InChI=1S/C13H16ClNO/c14-11-6-3-7-12(9-11)15-13(16)8-10-4-1-2-5-10/h3,6-7,9-10H,1-2,4-5,8H2,(H,15,16). The largest absolute Gasteiger partial charge is 0.326 e. The molecule has 1 amide bonds. The van der Waals surface area contributed by atoms with Crippen LogP contribution in [0.1, 0.15) is 32.1 Å². The van der Waals surface area contributed by atoms with Crippen molar-refractivity contribution in [3.05, 3.63) is 29.3 Å². The fraction of sp³-hybridized carbons (Fsp3) is 0.462. The molecule has 16 heavy (non-hydrogen) atoms. The van der Waals surface area contributed by atoms with Gasteiger partial charge in [0.1, 0.15) is 0 Å². The number of amides is 1. The Hall–Kier alpha value is -1.02. The zero-order valence-electron chi connectivity index (χ0n) is 9.21. The van der Waals surface area contributed by atoms with E-state index < -0.39 is 0 Å². The van der Waals surface area contributed by atoms with Gasteiger partial charge in [-0.25, -0.2) is 0 Å². The van der Waals surface area contributed by atoms with Crippen molar-refractivity contribution >= 4 is 23.2 Å². The number of benzene rings is 1. The number of carbonyl (C=O) groups excluding carboxylic acids is 1. The zero-order chi connectivity index (χ0) is 11.4. The van der Waals surface area contributed by atoms with Crippen LogP contribution in [0, 0.1) is 5.92 Å². The molecular weight excluding hydrogens is 222 g/mol. The van der Waals surface area contributed by atoms with Crippen LogP contribution in [0.2, 0.25) is 5.02 Å². The van der Waals surface area contributed by atoms with Gasteiger partial charge < -0.3 is 5.32 Å². The third kappa shape index (κ3) is 3.24. The Morgan fingerprint density at radius 1 is 1.38 bits per heavy atom. The summed E-state index contributed by atoms with van der Waals surface area (Å²) in [7, 11) is 0. The van der Waals surface area contributed by atoms with Crippen molar-refractivity contribution in [2.75, 3.05) is 5.32 Å². The van der Waals surface area contributed by atoms with Gasteiger partial charge in [0.25, 0.3) is 0 Å². The molecule has 2 nitrogen and oxygen atoms in total. The highest BCUT2D eigenvalue weighted by Crippen LogP contribution is 2.27. The molecular formula is C13H16ClNO. The summed E-state index contributed by atoms with van der Waals surface area (Å²) in [5.41, 5.74) is 0.787. The van der Waals surface area contributed by atoms with Crippen LogP contribution in [0.25, 0.3) is 0 Å². The van der Waals surface area contributed by atoms with Crippen LogP contribution in [0.3, 0.4) is 0 Å². The Balaban J connectivity index is 1.86. The van der Waals surface area contributed by atoms with Gasteiger partial charge in [-0.15, -0.1) is 0 Å². The first-order valence-electron chi connectivity index (χ1n) is 5.79. The Morgan fingerprint density at radius 2 is 2.12 bits per heavy atom. The van der Waals surface area contributed by atoms with Crippen LogP contribution in [-0.4, -0.2) is 5.91 Å². The van der Waals surface area contributed by atoms with Crippen molar-refractivity contribution in [2.24, 2.45) is 5.92 Å². The first kappa shape index (κ1) is 11.5. The lowest BCUT2D eigenvalue weighted by atomic mass is 10.0. The molecule has 0 saturated heterocycles. The molecule has 3 heteroatoms. The average molecular weight is 238 g/mol. The summed E-state index contributed by atoms with van der Waals surface area (Å²) >= 11 is 5.85. The topological polar surface area (TPSA) is 29.1 Å². The number of carbonyl (C=O) groups is 1. The summed E-state index contributed by atoms with van der Waals surface area (Å²) in [4.78, 5) is 11.7. The summed E-state index contributed by atoms with van der Waals surface area (Å²) in [5, 5.41) is 3.54. The second-order valence-electron chi connectivity index (χ2n) is 4.41. The highest BCUT2D eigenvalue weighted by molar-refractivity contribution is 6.30. The first-order chi connectivity index (χ1) is 7.74. The lowest BCUT2D eigenvalue weighted by Crippen LogP contribution is -2.14. The highest BCUT2D eigenvalue weighted by Gasteiger charge is 2.18. The molecule has 1 N–H and O–H groups in total. The molecule has 0 atom stereocenters. The van der Waals surface area contributed by atoms with Crippen LogP contribution in [0.4, 0.5) is 5.69 Å². The molecule has 0 aliphatic heterocycles. The number of nitrogens with one attached hydrogen (secondary N) is 1. The van der Waals surface area contributed by atoms with Crippen molar-refractivity contribution in [3.8, 4) is 0 Å². The van der Waals surface area contributed by atoms with E-state index >= 15 is 0 Å². The number of hydrogen-bond donors (Lipinski definition) is 1. The van der Waals surface area contributed by atoms with E-state index in [2.05, 4.69) is 5.32 Å². The van der Waals surface area contributed by atoms with E-state index in [1.165, 1.54) is 25.7 Å². The van der Waals surface area contributed by atoms with E-state index in [0.717, 1.165) is 5.69 Å². The van der Waals surface area contributed by atoms with Gasteiger partial charge in [0, 0.05) is 17.1 Å². The van der Waals surface area contributed by atoms with Crippen LogP contribution in [-0.2, 0) is 4.79 Å². The van der Waals surface area contributed by atoms with Gasteiger partial charge in [-0.3, -0.25) is 4.79 Å². The predicted octanol–water partition coefficient (Wildman–Crippen LogP) is 3.86. The fourth-order valence-electron chi connectivity index (χ4n) is 2.25. The maximum absolute atomic E-state index is 11.7. The molecule has 86 valence electrons. The lowest BCUT2D eigenvalue weighted by molar-refractivity contribution is -0.117. The summed E-state index contributed by atoms with van der Waals surface area (Å²) in [6.45, 7) is 0. The Morgan fingerprint density at radius 3 is 2.81 bits per heavy atom. The van der Waals surface area contributed by atoms with Crippen LogP contribution in [0.5, 0.6) is 0 Å². The van der Waals surface area contributed by atoms with Crippen molar-refractivity contribution in [2.45, 2.75) is 32.1 Å². The summed E-state index contributed by atoms with van der Waals surface area (Å²) < 4.78 is 0. The van der Waals surface area contributed by atoms with E-state index in [1.807, 2.05) is 12.1 Å². The average Bonchev–Trinajstić information content (AvgIpc) is 2.70. The monoisotopic (exact) mass is 237 g/mol. The van der Waals surface area contributed by atoms with E-state index in [4.69, 9.17) is 11.6 Å². The van der Waals surface area contributed by atoms with E-state index in [0.29, 0.717) is 17.4 Å². The summed E-state index contributed by atoms with van der Waals surface area (Å²) in [6.07, 6.45) is 5.59. The molecule has 2 rings (SSSR count). The van der Waals surface area contributed by atoms with Gasteiger partial charge in [-0.05, 0) is 37.0 Å². The minimum Gasteiger partial charge on any atom is -0.326 e. The van der Waals surface area contributed by atoms with Crippen molar-refractivity contribution in [1.29, 1.82) is 0 Å². The van der Waals surface area contributed by atoms with Crippen LogP contribution in [0.15, 0.2) is 24.3 Å². The van der Waals surface area contributed by atoms with Gasteiger partial charge in [0.2, 0.25) is 5.91 Å². The minimum absolute atomic E-state index is 0.106. The fourth-order valence-corrected chi connectivity index (χ4v) is 2.45. The molecule has 0 unspecified atom stereocenters. The SMILES string of the molecule is O=C(CC1CCCC1)Nc1cccc(Cl)c1. The number of halogens is 1. The van der Waals surface area contributed by atoms with Gasteiger partial charge in [-0.2, -0.15) is 0 Å². The quantitative estimate of drug-likeness (QED) is 0.850. The predicted molar refractivity (Wildman–Crippen MR) is 66.7 cm³/mol. The third-order valence-corrected chi connectivity index (χ3v) is 3.29. The molecule has 0 heterocycles. The van der Waals surface area contributed by atoms with Gasteiger partial charge in [0.05, 0.1) is 0 Å². The summed E-state index contributed by atoms with van der Waals surface area (Å²) in [5.74, 6) is 0.688. The van der Waals surface area contributed by atoms with Gasteiger partial charge in [0.15, 0.2) is 0 Å². The molecule has 0 spiro atoms. The maximum atomic E-state index is 11.7. The molecule has 0 bridgehead atoms.